The summed E-state index contributed by atoms with van der Waals surface area (Å²) in [5.74, 6) is 1.80. The van der Waals surface area contributed by atoms with E-state index in [-0.39, 0.29) is 11.9 Å². The summed E-state index contributed by atoms with van der Waals surface area (Å²) in [7, 11) is 3.18. The van der Waals surface area contributed by atoms with E-state index in [1.165, 1.54) is 0 Å². The molecule has 1 atom stereocenters. The second-order valence-electron chi connectivity index (χ2n) is 6.13. The molecule has 136 valence electrons. The molecule has 1 heterocycles. The minimum absolute atomic E-state index is 0.142. The Morgan fingerprint density at radius 3 is 2.40 bits per heavy atom. The van der Waals surface area contributed by atoms with Crippen LogP contribution in [0.1, 0.15) is 32.4 Å². The number of ether oxygens (including phenoxy) is 2. The zero-order valence-electron chi connectivity index (χ0n) is 15.6. The number of methoxy groups -OCH3 is 2. The lowest BCUT2D eigenvalue weighted by atomic mass is 10.1. The fourth-order valence-corrected chi connectivity index (χ4v) is 2.49. The molecular formula is C18H26N4O3. The summed E-state index contributed by atoms with van der Waals surface area (Å²) in [6.45, 7) is 7.78. The van der Waals surface area contributed by atoms with Gasteiger partial charge < -0.3 is 20.1 Å². The lowest BCUT2D eigenvalue weighted by Crippen LogP contribution is -2.33. The largest absolute Gasteiger partial charge is 0.493 e. The van der Waals surface area contributed by atoms with E-state index in [0.717, 1.165) is 11.3 Å². The molecule has 0 aliphatic heterocycles. The normalized spacial score (nSPS) is 12.0. The quantitative estimate of drug-likeness (QED) is 0.805. The number of carbonyl (C=O) groups excluding carboxylic acids is 1. The molecule has 0 saturated carbocycles. The van der Waals surface area contributed by atoms with Crippen molar-refractivity contribution in [2.24, 2.45) is 0 Å². The molecule has 0 radical (unpaired) electrons. The highest BCUT2D eigenvalue weighted by atomic mass is 16.5. The number of benzene rings is 1. The second-order valence-corrected chi connectivity index (χ2v) is 6.13. The Balaban J connectivity index is 2.12. The van der Waals surface area contributed by atoms with Crippen molar-refractivity contribution in [3.05, 3.63) is 30.0 Å². The molecule has 2 N–H and O–H groups in total. The molecule has 7 heteroatoms. The fourth-order valence-electron chi connectivity index (χ4n) is 2.49. The topological polar surface area (TPSA) is 77.4 Å². The van der Waals surface area contributed by atoms with Crippen LogP contribution in [0.15, 0.2) is 24.4 Å². The molecule has 1 amide bonds. The van der Waals surface area contributed by atoms with Crippen molar-refractivity contribution < 1.29 is 14.3 Å². The van der Waals surface area contributed by atoms with Crippen LogP contribution in [0.5, 0.6) is 11.5 Å². The average Bonchev–Trinajstić information content (AvgIpc) is 3.04. The Bertz CT molecular complexity index is 740. The number of aromatic nitrogens is 2. The standard InChI is InChI=1S/C18H26N4O3/c1-11(2)22-17(7-8-19-22)21-18(23)13(4)20-14-10-16(25-6)15(24-5)9-12(14)3/h7-11,13,20H,1-6H3,(H,21,23)/t13-/m1/s1. The van der Waals surface area contributed by atoms with Crippen LogP contribution in [0.3, 0.4) is 0 Å². The van der Waals surface area contributed by atoms with Gasteiger partial charge in [-0.05, 0) is 39.3 Å². The molecule has 0 bridgehead atoms. The van der Waals surface area contributed by atoms with Crippen molar-refractivity contribution in [3.63, 3.8) is 0 Å². The maximum Gasteiger partial charge on any atom is 0.247 e. The SMILES string of the molecule is COc1cc(C)c(N[C@H](C)C(=O)Nc2ccnn2C(C)C)cc1OC. The van der Waals surface area contributed by atoms with Gasteiger partial charge in [-0.3, -0.25) is 4.79 Å². The number of nitrogens with one attached hydrogen (secondary N) is 2. The van der Waals surface area contributed by atoms with Crippen LogP contribution in [0.4, 0.5) is 11.5 Å². The number of hydrogen-bond acceptors (Lipinski definition) is 5. The van der Waals surface area contributed by atoms with Gasteiger partial charge in [0.2, 0.25) is 5.91 Å². The third-order valence-corrected chi connectivity index (χ3v) is 3.91. The van der Waals surface area contributed by atoms with E-state index in [4.69, 9.17) is 9.47 Å². The second kappa shape index (κ2) is 7.92. The molecule has 7 nitrogen and oxygen atoms in total. The number of aryl methyl sites for hydroxylation is 1. The smallest absolute Gasteiger partial charge is 0.247 e. The summed E-state index contributed by atoms with van der Waals surface area (Å²) in [5, 5.41) is 10.3. The van der Waals surface area contributed by atoms with Gasteiger partial charge in [0, 0.05) is 23.9 Å². The lowest BCUT2D eigenvalue weighted by Gasteiger charge is -2.19. The summed E-state index contributed by atoms with van der Waals surface area (Å²) in [4.78, 5) is 12.5. The van der Waals surface area contributed by atoms with E-state index in [1.54, 1.807) is 31.2 Å². The zero-order chi connectivity index (χ0) is 18.6. The molecular weight excluding hydrogens is 320 g/mol. The summed E-state index contributed by atoms with van der Waals surface area (Å²) in [6.07, 6.45) is 1.67. The number of nitrogens with zero attached hydrogens (tertiary/aromatic N) is 2. The number of hydrogen-bond donors (Lipinski definition) is 2. The highest BCUT2D eigenvalue weighted by Crippen LogP contribution is 2.33. The average molecular weight is 346 g/mol. The molecule has 0 unspecified atom stereocenters. The predicted octanol–water partition coefficient (Wildman–Crippen LogP) is 3.23. The van der Waals surface area contributed by atoms with Crippen LogP contribution in [0.2, 0.25) is 0 Å². The van der Waals surface area contributed by atoms with E-state index in [1.807, 2.05) is 39.8 Å². The number of amides is 1. The van der Waals surface area contributed by atoms with E-state index in [0.29, 0.717) is 17.3 Å². The first-order valence-corrected chi connectivity index (χ1v) is 8.20. The van der Waals surface area contributed by atoms with Crippen LogP contribution in [0.25, 0.3) is 0 Å². The van der Waals surface area contributed by atoms with Gasteiger partial charge in [-0.15, -0.1) is 0 Å². The van der Waals surface area contributed by atoms with E-state index in [9.17, 15) is 4.79 Å². The third kappa shape index (κ3) is 4.23. The van der Waals surface area contributed by atoms with E-state index in [2.05, 4.69) is 15.7 Å². The maximum atomic E-state index is 12.5. The summed E-state index contributed by atoms with van der Waals surface area (Å²) in [6, 6.07) is 5.22. The van der Waals surface area contributed by atoms with Crippen molar-refractivity contribution in [2.75, 3.05) is 24.9 Å². The summed E-state index contributed by atoms with van der Waals surface area (Å²) < 4.78 is 12.4. The van der Waals surface area contributed by atoms with Gasteiger partial charge in [-0.2, -0.15) is 5.10 Å². The minimum atomic E-state index is -0.438. The molecule has 0 spiro atoms. The van der Waals surface area contributed by atoms with Crippen molar-refractivity contribution >= 4 is 17.4 Å². The molecule has 25 heavy (non-hydrogen) atoms. The number of rotatable bonds is 7. The first-order chi connectivity index (χ1) is 11.9. The monoisotopic (exact) mass is 346 g/mol. The van der Waals surface area contributed by atoms with Crippen molar-refractivity contribution in [2.45, 2.75) is 39.8 Å². The Morgan fingerprint density at radius 2 is 1.80 bits per heavy atom. The van der Waals surface area contributed by atoms with Gasteiger partial charge in [0.15, 0.2) is 11.5 Å². The molecule has 0 fully saturated rings. The molecule has 2 rings (SSSR count). The van der Waals surface area contributed by atoms with Crippen molar-refractivity contribution in [1.29, 1.82) is 0 Å². The first kappa shape index (κ1) is 18.6. The van der Waals surface area contributed by atoms with E-state index < -0.39 is 6.04 Å². The predicted molar refractivity (Wildman–Crippen MR) is 98.6 cm³/mol. The number of carbonyl (C=O) groups is 1. The Labute approximate surface area is 148 Å². The summed E-state index contributed by atoms with van der Waals surface area (Å²) >= 11 is 0. The molecule has 1 aromatic carbocycles. The molecule has 2 aromatic rings. The van der Waals surface area contributed by atoms with Gasteiger partial charge in [-0.25, -0.2) is 4.68 Å². The first-order valence-electron chi connectivity index (χ1n) is 8.20. The highest BCUT2D eigenvalue weighted by Gasteiger charge is 2.17. The minimum Gasteiger partial charge on any atom is -0.493 e. The number of anilines is 2. The van der Waals surface area contributed by atoms with Gasteiger partial charge in [0.05, 0.1) is 20.4 Å². The highest BCUT2D eigenvalue weighted by molar-refractivity contribution is 5.95. The van der Waals surface area contributed by atoms with Gasteiger partial charge in [-0.1, -0.05) is 0 Å². The Kier molecular flexibility index (Phi) is 5.90. The van der Waals surface area contributed by atoms with Crippen LogP contribution in [-0.2, 0) is 4.79 Å². The van der Waals surface area contributed by atoms with Crippen LogP contribution in [0, 0.1) is 6.92 Å². The Hall–Kier alpha value is -2.70. The zero-order valence-corrected chi connectivity index (χ0v) is 15.6. The third-order valence-electron chi connectivity index (χ3n) is 3.91. The van der Waals surface area contributed by atoms with Gasteiger partial charge in [0.1, 0.15) is 11.9 Å². The molecule has 0 aliphatic carbocycles. The van der Waals surface area contributed by atoms with Crippen molar-refractivity contribution in [3.8, 4) is 11.5 Å². The fraction of sp³-hybridized carbons (Fsp3) is 0.444. The molecule has 0 saturated heterocycles. The molecule has 0 aliphatic rings. The summed E-state index contributed by atoms with van der Waals surface area (Å²) in [5.41, 5.74) is 1.78. The van der Waals surface area contributed by atoms with Gasteiger partial charge >= 0.3 is 0 Å². The van der Waals surface area contributed by atoms with E-state index >= 15 is 0 Å². The van der Waals surface area contributed by atoms with Crippen LogP contribution >= 0.6 is 0 Å². The lowest BCUT2D eigenvalue weighted by molar-refractivity contribution is -0.116. The Morgan fingerprint density at radius 1 is 1.16 bits per heavy atom. The maximum absolute atomic E-state index is 12.5. The molecule has 1 aromatic heterocycles. The van der Waals surface area contributed by atoms with Crippen molar-refractivity contribution in [1.82, 2.24) is 9.78 Å². The van der Waals surface area contributed by atoms with Crippen LogP contribution < -0.4 is 20.1 Å². The van der Waals surface area contributed by atoms with Gasteiger partial charge in [0.25, 0.3) is 0 Å². The van der Waals surface area contributed by atoms with Crippen LogP contribution in [-0.4, -0.2) is 35.9 Å².